The number of alkyl halides is 3. The van der Waals surface area contributed by atoms with Gasteiger partial charge in [-0.15, -0.1) is 0 Å². The molecule has 0 spiro atoms. The van der Waals surface area contributed by atoms with Crippen LogP contribution in [0.5, 0.6) is 0 Å². The number of aromatic nitrogens is 4. The third-order valence-electron chi connectivity index (χ3n) is 7.66. The zero-order valence-electron chi connectivity index (χ0n) is 24.2. The first-order chi connectivity index (χ1) is 18.3. The molecule has 0 fully saturated rings. The lowest BCUT2D eigenvalue weighted by Gasteiger charge is -2.24. The largest absolute Gasteiger partial charge is 0.391 e. The highest BCUT2D eigenvalue weighted by atomic mass is 19.4. The zero-order valence-corrected chi connectivity index (χ0v) is 24.2. The van der Waals surface area contributed by atoms with E-state index >= 15 is 0 Å². The van der Waals surface area contributed by atoms with E-state index in [-0.39, 0.29) is 18.3 Å². The van der Waals surface area contributed by atoms with Gasteiger partial charge in [0.2, 0.25) is 0 Å². The van der Waals surface area contributed by atoms with E-state index in [1.54, 1.807) is 6.92 Å². The summed E-state index contributed by atoms with van der Waals surface area (Å²) in [5.41, 5.74) is 6.10. The third-order valence-corrected chi connectivity index (χ3v) is 7.66. The molecule has 2 N–H and O–H groups in total. The molecule has 5 unspecified atom stereocenters. The highest BCUT2D eigenvalue weighted by Crippen LogP contribution is 2.39. The molecule has 6 nitrogen and oxygen atoms in total. The Labute approximate surface area is 230 Å². The maximum Gasteiger partial charge on any atom is 0.391 e. The molecule has 5 atom stereocenters. The number of nitrogens with one attached hydrogen (secondary N) is 1. The van der Waals surface area contributed by atoms with E-state index in [4.69, 9.17) is 9.97 Å². The quantitative estimate of drug-likeness (QED) is 0.174. The van der Waals surface area contributed by atoms with Gasteiger partial charge in [0.05, 0.1) is 23.0 Å². The van der Waals surface area contributed by atoms with Crippen LogP contribution in [-0.2, 0) is 6.42 Å². The average molecular weight is 546 g/mol. The van der Waals surface area contributed by atoms with E-state index in [0.29, 0.717) is 41.2 Å². The number of rotatable bonds is 13. The molecule has 0 saturated carbocycles. The Bertz CT molecular complexity index is 1250. The molecule has 214 valence electrons. The van der Waals surface area contributed by atoms with Gasteiger partial charge in [-0.1, -0.05) is 46.4 Å². The Morgan fingerprint density at radius 2 is 1.67 bits per heavy atom. The molecule has 3 rings (SSSR count). The first kappa shape index (κ1) is 30.7. The van der Waals surface area contributed by atoms with Crippen LogP contribution < -0.4 is 5.32 Å². The predicted octanol–water partition coefficient (Wildman–Crippen LogP) is 7.26. The van der Waals surface area contributed by atoms with Crippen molar-refractivity contribution in [2.24, 2.45) is 11.8 Å². The van der Waals surface area contributed by atoms with E-state index in [1.807, 2.05) is 20.8 Å². The number of nitrogens with zero attached hydrogens (tertiary/aromatic N) is 4. The normalized spacial score (nSPS) is 17.8. The predicted molar refractivity (Wildman–Crippen MR) is 149 cm³/mol. The Kier molecular flexibility index (Phi) is 9.91. The van der Waals surface area contributed by atoms with Gasteiger partial charge >= 0.3 is 6.18 Å². The second-order valence-corrected chi connectivity index (χ2v) is 10.9. The van der Waals surface area contributed by atoms with Crippen molar-refractivity contribution in [1.29, 1.82) is 0 Å². The van der Waals surface area contributed by atoms with Crippen LogP contribution in [0.3, 0.4) is 0 Å². The van der Waals surface area contributed by atoms with Gasteiger partial charge in [-0.3, -0.25) is 0 Å². The molecular formula is C30H42F3N5O. The Balaban J connectivity index is 1.95. The minimum Gasteiger partial charge on any atom is -0.374 e. The average Bonchev–Trinajstić information content (AvgIpc) is 3.63. The van der Waals surface area contributed by atoms with Crippen molar-refractivity contribution in [3.8, 4) is 0 Å². The fourth-order valence-corrected chi connectivity index (χ4v) is 4.98. The Morgan fingerprint density at radius 3 is 2.23 bits per heavy atom. The maximum absolute atomic E-state index is 13.5. The number of halogens is 3. The topological polar surface area (TPSA) is 83.8 Å². The smallest absolute Gasteiger partial charge is 0.374 e. The zero-order chi connectivity index (χ0) is 29.1. The lowest BCUT2D eigenvalue weighted by molar-refractivity contribution is -0.172. The first-order valence-electron chi connectivity index (χ1n) is 13.9. The van der Waals surface area contributed by atoms with Crippen molar-refractivity contribution < 1.29 is 18.3 Å². The van der Waals surface area contributed by atoms with Crippen LogP contribution >= 0.6 is 0 Å². The SMILES string of the molecule is C=C(NC(C)O)/C(C)=C\C(=C/C)C(C)CC(CC)c1nc(C(CC)CC(C)C(F)(F)F)c2nc3c(nc2n1)C3. The molecule has 0 radical (unpaired) electrons. The minimum atomic E-state index is -4.26. The summed E-state index contributed by atoms with van der Waals surface area (Å²) in [7, 11) is 0. The van der Waals surface area contributed by atoms with E-state index in [9.17, 15) is 18.3 Å². The van der Waals surface area contributed by atoms with Crippen LogP contribution in [-0.4, -0.2) is 37.4 Å². The van der Waals surface area contributed by atoms with E-state index < -0.39 is 24.2 Å². The van der Waals surface area contributed by atoms with Crippen LogP contribution in [0.25, 0.3) is 11.2 Å². The maximum atomic E-state index is 13.5. The van der Waals surface area contributed by atoms with Gasteiger partial charge in [-0.05, 0) is 63.5 Å². The summed E-state index contributed by atoms with van der Waals surface area (Å²) in [6, 6.07) is 0. The molecule has 1 aliphatic carbocycles. The number of hydrogen-bond acceptors (Lipinski definition) is 6. The highest BCUT2D eigenvalue weighted by Gasteiger charge is 2.38. The molecule has 2 heterocycles. The lowest BCUT2D eigenvalue weighted by Crippen LogP contribution is -2.24. The van der Waals surface area contributed by atoms with E-state index in [1.165, 1.54) is 6.92 Å². The van der Waals surface area contributed by atoms with Crippen LogP contribution in [0.4, 0.5) is 13.2 Å². The van der Waals surface area contributed by atoms with Gasteiger partial charge in [-0.2, -0.15) is 13.2 Å². The van der Waals surface area contributed by atoms with Gasteiger partial charge < -0.3 is 10.4 Å². The summed E-state index contributed by atoms with van der Waals surface area (Å²) >= 11 is 0. The molecule has 39 heavy (non-hydrogen) atoms. The number of hydrogen-bond donors (Lipinski definition) is 2. The Hall–Kier alpha value is -2.81. The summed E-state index contributed by atoms with van der Waals surface area (Å²) in [6.07, 6.45) is 1.88. The minimum absolute atomic E-state index is 0.00572. The summed E-state index contributed by atoms with van der Waals surface area (Å²) in [5, 5.41) is 12.5. The second kappa shape index (κ2) is 12.6. The van der Waals surface area contributed by atoms with E-state index in [2.05, 4.69) is 47.9 Å². The standard InChI is InChI=1S/C30H42F3N5O/c1-9-21(12-16(4)19(7)34-20(8)39)17(5)13-23(11-3)28-37-26(22(10-2)14-18(6)30(31,32)33)27-29(38-28)36-25-15-24(25)35-27/h9,12,17-18,20,22-23,34,39H,7,10-11,13-15H2,1-6,8H3/b16-12-,21-9+. The fraction of sp³-hybridized carbons (Fsp3) is 0.600. The highest BCUT2D eigenvalue weighted by molar-refractivity contribution is 5.75. The van der Waals surface area contributed by atoms with Gasteiger partial charge in [0.25, 0.3) is 0 Å². The molecule has 0 bridgehead atoms. The van der Waals surface area contributed by atoms with Crippen LogP contribution in [0.2, 0.25) is 0 Å². The summed E-state index contributed by atoms with van der Waals surface area (Å²) in [6.45, 7) is 16.9. The van der Waals surface area contributed by atoms with Gasteiger partial charge in [-0.25, -0.2) is 19.9 Å². The molecule has 0 aliphatic heterocycles. The molecule has 9 heteroatoms. The summed E-state index contributed by atoms with van der Waals surface area (Å²) in [4.78, 5) is 19.1. The second-order valence-electron chi connectivity index (χ2n) is 10.9. The van der Waals surface area contributed by atoms with Crippen molar-refractivity contribution in [1.82, 2.24) is 25.3 Å². The van der Waals surface area contributed by atoms with Crippen LogP contribution in [0, 0.1) is 11.8 Å². The monoisotopic (exact) mass is 545 g/mol. The lowest BCUT2D eigenvalue weighted by atomic mass is 9.86. The van der Waals surface area contributed by atoms with Gasteiger partial charge in [0, 0.05) is 24.0 Å². The molecule has 0 aromatic carbocycles. The van der Waals surface area contributed by atoms with Gasteiger partial charge in [0.15, 0.2) is 5.65 Å². The van der Waals surface area contributed by atoms with Crippen molar-refractivity contribution in [2.75, 3.05) is 0 Å². The summed E-state index contributed by atoms with van der Waals surface area (Å²) in [5.74, 6) is -1.06. The number of allylic oxidation sites excluding steroid dienone is 4. The fourth-order valence-electron chi connectivity index (χ4n) is 4.98. The summed E-state index contributed by atoms with van der Waals surface area (Å²) < 4.78 is 40.4. The van der Waals surface area contributed by atoms with Crippen molar-refractivity contribution >= 4 is 11.2 Å². The molecule has 0 saturated heterocycles. The molecule has 0 amide bonds. The molecular weight excluding hydrogens is 503 g/mol. The third kappa shape index (κ3) is 7.65. The number of aliphatic hydroxyl groups is 1. The van der Waals surface area contributed by atoms with E-state index in [0.717, 1.165) is 35.4 Å². The molecule has 2 aromatic rings. The first-order valence-corrected chi connectivity index (χ1v) is 13.9. The van der Waals surface area contributed by atoms with Crippen LogP contribution in [0.15, 0.2) is 35.6 Å². The van der Waals surface area contributed by atoms with Crippen molar-refractivity contribution in [3.05, 3.63) is 58.5 Å². The van der Waals surface area contributed by atoms with Crippen molar-refractivity contribution in [2.45, 2.75) is 105 Å². The molecule has 1 aliphatic rings. The van der Waals surface area contributed by atoms with Crippen LogP contribution in [0.1, 0.15) is 109 Å². The molecule has 2 aromatic heterocycles. The number of fused-ring (bicyclic) bond motifs is 2. The number of aliphatic hydroxyl groups excluding tert-OH is 1. The van der Waals surface area contributed by atoms with Crippen molar-refractivity contribution in [3.63, 3.8) is 0 Å². The van der Waals surface area contributed by atoms with Gasteiger partial charge in [0.1, 0.15) is 17.6 Å². The Morgan fingerprint density at radius 1 is 1.03 bits per heavy atom.